The lowest BCUT2D eigenvalue weighted by Crippen LogP contribution is -2.55. The molecule has 1 unspecified atom stereocenters. The molecule has 0 radical (unpaired) electrons. The molecule has 1 atom stereocenters. The van der Waals surface area contributed by atoms with Gasteiger partial charge in [0.2, 0.25) is 0 Å². The molecule has 3 rings (SSSR count). The summed E-state index contributed by atoms with van der Waals surface area (Å²) in [6.45, 7) is 5.13. The number of benzene rings is 1. The summed E-state index contributed by atoms with van der Waals surface area (Å²) in [7, 11) is 0. The number of halogens is 4. The molecule has 0 N–H and O–H groups in total. The van der Waals surface area contributed by atoms with E-state index in [2.05, 4.69) is 4.90 Å². The van der Waals surface area contributed by atoms with E-state index in [1.807, 2.05) is 11.8 Å². The Bertz CT molecular complexity index is 587. The van der Waals surface area contributed by atoms with Crippen molar-refractivity contribution in [2.24, 2.45) is 0 Å². The van der Waals surface area contributed by atoms with Gasteiger partial charge in [-0.15, -0.1) is 0 Å². The minimum absolute atomic E-state index is 0.0284. The maximum Gasteiger partial charge on any atom is 0.416 e. The number of nitrogens with zero attached hydrogens (tertiary/aromatic N) is 2. The molecule has 0 spiro atoms. The van der Waals surface area contributed by atoms with Crippen LogP contribution in [0.25, 0.3) is 0 Å². The summed E-state index contributed by atoms with van der Waals surface area (Å²) in [6, 6.07) is 5.46. The third kappa shape index (κ3) is 4.44. The molecule has 2 fully saturated rings. The Labute approximate surface area is 145 Å². The van der Waals surface area contributed by atoms with E-state index in [4.69, 9.17) is 4.74 Å². The van der Waals surface area contributed by atoms with E-state index in [9.17, 15) is 17.6 Å². The van der Waals surface area contributed by atoms with Crippen molar-refractivity contribution >= 4 is 5.69 Å². The highest BCUT2D eigenvalue weighted by Gasteiger charge is 2.37. The fraction of sp³-hybridized carbons (Fsp3) is 0.667. The maximum absolute atomic E-state index is 14.8. The van der Waals surface area contributed by atoms with Crippen molar-refractivity contribution in [3.63, 3.8) is 0 Å². The SMILES string of the molecule is CC1CN(CC2(F)CCOCC2)CCN1c1cccc(C(F)(F)F)c1. The van der Waals surface area contributed by atoms with Crippen LogP contribution in [0.1, 0.15) is 25.3 Å². The van der Waals surface area contributed by atoms with Crippen LogP contribution in [0.3, 0.4) is 0 Å². The van der Waals surface area contributed by atoms with Crippen LogP contribution < -0.4 is 4.90 Å². The van der Waals surface area contributed by atoms with Gasteiger partial charge in [-0.25, -0.2) is 4.39 Å². The van der Waals surface area contributed by atoms with Crippen molar-refractivity contribution in [2.75, 3.05) is 44.3 Å². The second kappa shape index (κ2) is 7.11. The van der Waals surface area contributed by atoms with Crippen molar-refractivity contribution in [1.82, 2.24) is 4.90 Å². The van der Waals surface area contributed by atoms with Gasteiger partial charge in [-0.2, -0.15) is 13.2 Å². The first-order valence-electron chi connectivity index (χ1n) is 8.70. The van der Waals surface area contributed by atoms with E-state index in [0.29, 0.717) is 57.9 Å². The van der Waals surface area contributed by atoms with Gasteiger partial charge in [-0.1, -0.05) is 6.07 Å². The van der Waals surface area contributed by atoms with Crippen molar-refractivity contribution < 1.29 is 22.3 Å². The molecule has 3 nitrogen and oxygen atoms in total. The van der Waals surface area contributed by atoms with Crippen molar-refractivity contribution in [2.45, 2.75) is 37.7 Å². The highest BCUT2D eigenvalue weighted by molar-refractivity contribution is 5.50. The van der Waals surface area contributed by atoms with Crippen LogP contribution >= 0.6 is 0 Å². The topological polar surface area (TPSA) is 15.7 Å². The second-order valence-electron chi connectivity index (χ2n) is 7.09. The zero-order chi connectivity index (χ0) is 18.1. The van der Waals surface area contributed by atoms with E-state index >= 15 is 0 Å². The Morgan fingerprint density at radius 3 is 2.56 bits per heavy atom. The summed E-state index contributed by atoms with van der Waals surface area (Å²) in [5.41, 5.74) is -1.27. The number of alkyl halides is 4. The van der Waals surface area contributed by atoms with Crippen LogP contribution in [0.4, 0.5) is 23.2 Å². The van der Waals surface area contributed by atoms with Gasteiger partial charge in [-0.3, -0.25) is 4.90 Å². The molecule has 7 heteroatoms. The first-order valence-corrected chi connectivity index (χ1v) is 8.70. The summed E-state index contributed by atoms with van der Waals surface area (Å²) in [5.74, 6) is 0. The van der Waals surface area contributed by atoms with Crippen LogP contribution in [-0.4, -0.2) is 56.0 Å². The fourth-order valence-corrected chi connectivity index (χ4v) is 3.72. The minimum atomic E-state index is -4.34. The molecule has 2 heterocycles. The van der Waals surface area contributed by atoms with E-state index < -0.39 is 17.4 Å². The first kappa shape index (κ1) is 18.5. The van der Waals surface area contributed by atoms with Gasteiger partial charge in [0, 0.05) is 64.0 Å². The molecular formula is C18H24F4N2O. The molecule has 2 aliphatic rings. The van der Waals surface area contributed by atoms with Gasteiger partial charge >= 0.3 is 6.18 Å². The van der Waals surface area contributed by atoms with Crippen LogP contribution in [0, 0.1) is 0 Å². The molecule has 1 aromatic carbocycles. The lowest BCUT2D eigenvalue weighted by Gasteiger charge is -2.44. The molecule has 140 valence electrons. The van der Waals surface area contributed by atoms with Crippen LogP contribution in [-0.2, 0) is 10.9 Å². The van der Waals surface area contributed by atoms with Crippen LogP contribution in [0.15, 0.2) is 24.3 Å². The predicted octanol–water partition coefficient (Wildman–Crippen LogP) is 3.73. The van der Waals surface area contributed by atoms with E-state index in [-0.39, 0.29) is 6.04 Å². The molecule has 0 bridgehead atoms. The number of hydrogen-bond donors (Lipinski definition) is 0. The average molecular weight is 360 g/mol. The maximum atomic E-state index is 14.8. The minimum Gasteiger partial charge on any atom is -0.381 e. The standard InChI is InChI=1S/C18H24F4N2O/c1-14-12-23(13-17(19)5-9-25-10-6-17)7-8-24(14)16-4-2-3-15(11-16)18(20,21)22/h2-4,11,14H,5-10,12-13H2,1H3. The molecule has 2 aliphatic heterocycles. The number of hydrogen-bond acceptors (Lipinski definition) is 3. The third-order valence-electron chi connectivity index (χ3n) is 5.11. The molecule has 2 saturated heterocycles. The van der Waals surface area contributed by atoms with E-state index in [0.717, 1.165) is 6.07 Å². The molecular weight excluding hydrogens is 336 g/mol. The summed E-state index contributed by atoms with van der Waals surface area (Å²) in [6.07, 6.45) is -3.52. The quantitative estimate of drug-likeness (QED) is 0.764. The monoisotopic (exact) mass is 360 g/mol. The summed E-state index contributed by atoms with van der Waals surface area (Å²) >= 11 is 0. The summed E-state index contributed by atoms with van der Waals surface area (Å²) in [4.78, 5) is 4.06. The summed E-state index contributed by atoms with van der Waals surface area (Å²) < 4.78 is 58.8. The second-order valence-corrected chi connectivity index (χ2v) is 7.09. The molecule has 0 amide bonds. The van der Waals surface area contributed by atoms with Gasteiger partial charge in [0.15, 0.2) is 0 Å². The van der Waals surface area contributed by atoms with Crippen LogP contribution in [0.5, 0.6) is 0 Å². The van der Waals surface area contributed by atoms with E-state index in [1.165, 1.54) is 12.1 Å². The van der Waals surface area contributed by atoms with E-state index in [1.54, 1.807) is 6.07 Å². The van der Waals surface area contributed by atoms with Crippen molar-refractivity contribution in [3.05, 3.63) is 29.8 Å². The number of ether oxygens (including phenoxy) is 1. The average Bonchev–Trinajstić information content (AvgIpc) is 2.54. The first-order chi connectivity index (χ1) is 11.8. The van der Waals surface area contributed by atoms with Crippen molar-refractivity contribution in [3.8, 4) is 0 Å². The smallest absolute Gasteiger partial charge is 0.381 e. The normalized spacial score (nSPS) is 25.2. The third-order valence-corrected chi connectivity index (χ3v) is 5.11. The lowest BCUT2D eigenvalue weighted by atomic mass is 9.95. The van der Waals surface area contributed by atoms with Crippen molar-refractivity contribution in [1.29, 1.82) is 0 Å². The highest BCUT2D eigenvalue weighted by Crippen LogP contribution is 2.33. The van der Waals surface area contributed by atoms with Crippen LogP contribution in [0.2, 0.25) is 0 Å². The molecule has 1 aromatic rings. The molecule has 25 heavy (non-hydrogen) atoms. The summed E-state index contributed by atoms with van der Waals surface area (Å²) in [5, 5.41) is 0. The number of rotatable bonds is 3. The van der Waals surface area contributed by atoms with Gasteiger partial charge in [-0.05, 0) is 25.1 Å². The zero-order valence-electron chi connectivity index (χ0n) is 14.4. The Kier molecular flexibility index (Phi) is 5.25. The number of anilines is 1. The number of piperazine rings is 1. The Balaban J connectivity index is 1.64. The molecule has 0 aromatic heterocycles. The molecule has 0 aliphatic carbocycles. The van der Waals surface area contributed by atoms with Gasteiger partial charge in [0.25, 0.3) is 0 Å². The Morgan fingerprint density at radius 1 is 1.20 bits per heavy atom. The lowest BCUT2D eigenvalue weighted by molar-refractivity contribution is -0.137. The van der Waals surface area contributed by atoms with Gasteiger partial charge in [0.1, 0.15) is 5.67 Å². The van der Waals surface area contributed by atoms with Gasteiger partial charge in [0.05, 0.1) is 5.56 Å². The fourth-order valence-electron chi connectivity index (χ4n) is 3.72. The Hall–Kier alpha value is -1.34. The molecule has 0 saturated carbocycles. The Morgan fingerprint density at radius 2 is 1.92 bits per heavy atom. The predicted molar refractivity (Wildman–Crippen MR) is 88.6 cm³/mol. The largest absolute Gasteiger partial charge is 0.416 e. The van der Waals surface area contributed by atoms with Gasteiger partial charge < -0.3 is 9.64 Å². The zero-order valence-corrected chi connectivity index (χ0v) is 14.4. The highest BCUT2D eigenvalue weighted by atomic mass is 19.4.